The zero-order chi connectivity index (χ0) is 13.8. The first kappa shape index (κ1) is 13.3. The third-order valence-electron chi connectivity index (χ3n) is 3.94. The van der Waals surface area contributed by atoms with Gasteiger partial charge < -0.3 is 10.6 Å². The van der Waals surface area contributed by atoms with Crippen LogP contribution in [0.15, 0.2) is 6.33 Å². The molecule has 0 aliphatic heterocycles. The van der Waals surface area contributed by atoms with Crippen molar-refractivity contribution in [2.45, 2.75) is 57.4 Å². The van der Waals surface area contributed by atoms with Gasteiger partial charge in [-0.2, -0.15) is 0 Å². The number of aryl methyl sites for hydroxylation is 1. The predicted molar refractivity (Wildman–Crippen MR) is 77.6 cm³/mol. The fourth-order valence-electron chi connectivity index (χ4n) is 2.66. The normalized spacial score (nSPS) is 17.4. The summed E-state index contributed by atoms with van der Waals surface area (Å²) in [5, 5.41) is 6.38. The van der Waals surface area contributed by atoms with Crippen LogP contribution in [0.1, 0.15) is 49.8 Å². The summed E-state index contributed by atoms with van der Waals surface area (Å²) in [6, 6.07) is 0.462. The number of rotatable bonds is 6. The third-order valence-corrected chi connectivity index (χ3v) is 3.94. The monoisotopic (exact) mass is 274 g/mol. The van der Waals surface area contributed by atoms with E-state index in [2.05, 4.69) is 20.6 Å². The Kier molecular flexibility index (Phi) is 4.14. The molecule has 1 heterocycles. The van der Waals surface area contributed by atoms with Crippen LogP contribution in [0.2, 0.25) is 0 Å². The highest BCUT2D eigenvalue weighted by Crippen LogP contribution is 2.24. The van der Waals surface area contributed by atoms with Crippen molar-refractivity contribution in [3.63, 3.8) is 0 Å². The summed E-state index contributed by atoms with van der Waals surface area (Å²) < 4.78 is 0. The lowest BCUT2D eigenvalue weighted by molar-refractivity contribution is -0.121. The van der Waals surface area contributed by atoms with Gasteiger partial charge in [0, 0.05) is 30.3 Å². The number of amides is 1. The molecule has 20 heavy (non-hydrogen) atoms. The molecule has 0 spiro atoms. The number of carbonyl (C=O) groups excluding carboxylic acids is 1. The molecule has 5 nitrogen and oxygen atoms in total. The summed E-state index contributed by atoms with van der Waals surface area (Å²) >= 11 is 0. The molecule has 1 saturated carbocycles. The van der Waals surface area contributed by atoms with E-state index in [4.69, 9.17) is 0 Å². The van der Waals surface area contributed by atoms with Gasteiger partial charge in [0.25, 0.3) is 0 Å². The molecule has 3 rings (SSSR count). The second-order valence-electron chi connectivity index (χ2n) is 5.73. The van der Waals surface area contributed by atoms with Crippen LogP contribution in [-0.2, 0) is 17.6 Å². The molecule has 0 bridgehead atoms. The van der Waals surface area contributed by atoms with Gasteiger partial charge >= 0.3 is 0 Å². The Bertz CT molecular complexity index is 485. The Labute approximate surface area is 119 Å². The summed E-state index contributed by atoms with van der Waals surface area (Å²) in [4.78, 5) is 20.3. The van der Waals surface area contributed by atoms with Crippen molar-refractivity contribution in [1.82, 2.24) is 15.3 Å². The number of aromatic nitrogens is 2. The number of nitrogens with one attached hydrogen (secondary N) is 2. The van der Waals surface area contributed by atoms with E-state index in [1.807, 2.05) is 0 Å². The van der Waals surface area contributed by atoms with Crippen LogP contribution in [0.25, 0.3) is 0 Å². The molecule has 0 aromatic carbocycles. The second-order valence-corrected chi connectivity index (χ2v) is 5.73. The van der Waals surface area contributed by atoms with Gasteiger partial charge in [-0.15, -0.1) is 0 Å². The topological polar surface area (TPSA) is 66.9 Å². The van der Waals surface area contributed by atoms with Crippen molar-refractivity contribution >= 4 is 11.7 Å². The van der Waals surface area contributed by atoms with Gasteiger partial charge in [-0.1, -0.05) is 0 Å². The quantitative estimate of drug-likeness (QED) is 0.777. The van der Waals surface area contributed by atoms with E-state index in [0.717, 1.165) is 44.5 Å². The molecule has 0 radical (unpaired) electrons. The molecule has 2 N–H and O–H groups in total. The van der Waals surface area contributed by atoms with Crippen molar-refractivity contribution in [1.29, 1.82) is 0 Å². The molecule has 1 fully saturated rings. The molecule has 1 aromatic heterocycles. The lowest BCUT2D eigenvalue weighted by atomic mass is 9.96. The molecule has 1 amide bonds. The highest BCUT2D eigenvalue weighted by Gasteiger charge is 2.22. The van der Waals surface area contributed by atoms with Crippen LogP contribution in [0.3, 0.4) is 0 Å². The van der Waals surface area contributed by atoms with Crippen LogP contribution in [-0.4, -0.2) is 28.5 Å². The molecular weight excluding hydrogens is 252 g/mol. The highest BCUT2D eigenvalue weighted by molar-refractivity contribution is 5.76. The minimum Gasteiger partial charge on any atom is -0.370 e. The number of hydrogen-bond donors (Lipinski definition) is 2. The van der Waals surface area contributed by atoms with Crippen LogP contribution in [0.5, 0.6) is 0 Å². The molecule has 2 aliphatic carbocycles. The molecule has 2 aliphatic rings. The second kappa shape index (κ2) is 6.20. The Balaban J connectivity index is 1.45. The number of anilines is 1. The number of carbonyl (C=O) groups is 1. The molecule has 0 saturated heterocycles. The van der Waals surface area contributed by atoms with E-state index in [-0.39, 0.29) is 5.91 Å². The first-order valence-electron chi connectivity index (χ1n) is 7.69. The first-order valence-corrected chi connectivity index (χ1v) is 7.69. The third kappa shape index (κ3) is 3.46. The van der Waals surface area contributed by atoms with Crippen molar-refractivity contribution in [3.8, 4) is 0 Å². The summed E-state index contributed by atoms with van der Waals surface area (Å²) in [5.41, 5.74) is 2.47. The summed E-state index contributed by atoms with van der Waals surface area (Å²) in [5.74, 6) is 1.15. The van der Waals surface area contributed by atoms with Gasteiger partial charge in [0.05, 0.1) is 0 Å². The Morgan fingerprint density at radius 1 is 1.25 bits per heavy atom. The Morgan fingerprint density at radius 3 is 2.95 bits per heavy atom. The van der Waals surface area contributed by atoms with Crippen LogP contribution >= 0.6 is 0 Å². The average Bonchev–Trinajstić information content (AvgIpc) is 3.27. The SMILES string of the molecule is O=C(CCCNc1ncnc2c1CCCC2)NC1CC1. The zero-order valence-electron chi connectivity index (χ0n) is 11.8. The maximum atomic E-state index is 11.6. The van der Waals surface area contributed by atoms with E-state index in [9.17, 15) is 4.79 Å². The zero-order valence-corrected chi connectivity index (χ0v) is 11.8. The van der Waals surface area contributed by atoms with Crippen LogP contribution in [0, 0.1) is 0 Å². The fraction of sp³-hybridized carbons (Fsp3) is 0.667. The number of fused-ring (bicyclic) bond motifs is 1. The Hall–Kier alpha value is -1.65. The van der Waals surface area contributed by atoms with E-state index in [0.29, 0.717) is 12.5 Å². The lowest BCUT2D eigenvalue weighted by Crippen LogP contribution is -2.25. The first-order chi connectivity index (χ1) is 9.83. The maximum absolute atomic E-state index is 11.6. The standard InChI is InChI=1S/C15H22N4O/c20-14(19-11-7-8-11)6-3-9-16-15-12-4-1-2-5-13(12)17-10-18-15/h10-11H,1-9H2,(H,19,20)(H,16,17,18). The summed E-state index contributed by atoms with van der Waals surface area (Å²) in [7, 11) is 0. The van der Waals surface area contributed by atoms with E-state index < -0.39 is 0 Å². The van der Waals surface area contributed by atoms with E-state index in [1.54, 1.807) is 6.33 Å². The number of nitrogens with zero attached hydrogens (tertiary/aromatic N) is 2. The van der Waals surface area contributed by atoms with Gasteiger partial charge in [-0.25, -0.2) is 9.97 Å². The van der Waals surface area contributed by atoms with Gasteiger partial charge in [0.1, 0.15) is 12.1 Å². The van der Waals surface area contributed by atoms with Crippen molar-refractivity contribution in [2.24, 2.45) is 0 Å². The maximum Gasteiger partial charge on any atom is 0.220 e. The minimum atomic E-state index is 0.180. The van der Waals surface area contributed by atoms with Gasteiger partial charge in [0.2, 0.25) is 5.91 Å². The molecule has 0 atom stereocenters. The van der Waals surface area contributed by atoms with E-state index >= 15 is 0 Å². The molecule has 108 valence electrons. The highest BCUT2D eigenvalue weighted by atomic mass is 16.1. The fourth-order valence-corrected chi connectivity index (χ4v) is 2.66. The smallest absolute Gasteiger partial charge is 0.220 e. The number of hydrogen-bond acceptors (Lipinski definition) is 4. The molecule has 5 heteroatoms. The van der Waals surface area contributed by atoms with Gasteiger partial charge in [-0.05, 0) is 44.9 Å². The van der Waals surface area contributed by atoms with Crippen molar-refractivity contribution in [3.05, 3.63) is 17.6 Å². The largest absolute Gasteiger partial charge is 0.370 e. The summed E-state index contributed by atoms with van der Waals surface area (Å²) in [6.07, 6.45) is 9.97. The summed E-state index contributed by atoms with van der Waals surface area (Å²) in [6.45, 7) is 0.793. The van der Waals surface area contributed by atoms with Crippen LogP contribution in [0.4, 0.5) is 5.82 Å². The molecular formula is C15H22N4O. The van der Waals surface area contributed by atoms with E-state index in [1.165, 1.54) is 24.1 Å². The minimum absolute atomic E-state index is 0.180. The Morgan fingerprint density at radius 2 is 2.10 bits per heavy atom. The molecule has 1 aromatic rings. The average molecular weight is 274 g/mol. The lowest BCUT2D eigenvalue weighted by Gasteiger charge is -2.17. The van der Waals surface area contributed by atoms with Gasteiger partial charge in [-0.3, -0.25) is 4.79 Å². The van der Waals surface area contributed by atoms with Crippen molar-refractivity contribution < 1.29 is 4.79 Å². The van der Waals surface area contributed by atoms with Crippen molar-refractivity contribution in [2.75, 3.05) is 11.9 Å². The van der Waals surface area contributed by atoms with Gasteiger partial charge in [0.15, 0.2) is 0 Å². The predicted octanol–water partition coefficient (Wildman–Crippen LogP) is 1.83. The van der Waals surface area contributed by atoms with Crippen LogP contribution < -0.4 is 10.6 Å². The molecule has 0 unspecified atom stereocenters.